The molecule has 0 spiro atoms. The molecule has 94 valence electrons. The third-order valence-electron chi connectivity index (χ3n) is 3.55. The molecule has 3 unspecified atom stereocenters. The van der Waals surface area contributed by atoms with Gasteiger partial charge in [0.1, 0.15) is 11.3 Å². The van der Waals surface area contributed by atoms with Crippen molar-refractivity contribution in [3.05, 3.63) is 46.3 Å². The maximum Gasteiger partial charge on any atom is 0.192 e. The zero-order chi connectivity index (χ0) is 12.7. The highest BCUT2D eigenvalue weighted by Gasteiger charge is 2.35. The van der Waals surface area contributed by atoms with Crippen LogP contribution in [0.2, 0.25) is 0 Å². The Bertz CT molecular complexity index is 627. The summed E-state index contributed by atoms with van der Waals surface area (Å²) in [5.74, 6) is 1.08. The second-order valence-electron chi connectivity index (χ2n) is 4.82. The van der Waals surface area contributed by atoms with Crippen LogP contribution >= 0.6 is 11.6 Å². The molecule has 1 aromatic carbocycles. The summed E-state index contributed by atoms with van der Waals surface area (Å²) in [5, 5.41) is 3.81. The van der Waals surface area contributed by atoms with Crippen LogP contribution in [0.5, 0.6) is 0 Å². The van der Waals surface area contributed by atoms with Gasteiger partial charge in [0, 0.05) is 6.07 Å². The van der Waals surface area contributed by atoms with Crippen molar-refractivity contribution in [2.75, 3.05) is 6.54 Å². The second kappa shape index (κ2) is 4.41. The Hall–Kier alpha value is -1.32. The fourth-order valence-electron chi connectivity index (χ4n) is 2.55. The molecule has 0 saturated carbocycles. The molecule has 0 amide bonds. The van der Waals surface area contributed by atoms with Gasteiger partial charge in [-0.05, 0) is 24.6 Å². The quantitative estimate of drug-likeness (QED) is 0.635. The first-order valence-electron chi connectivity index (χ1n) is 6.07. The van der Waals surface area contributed by atoms with E-state index >= 15 is 0 Å². The monoisotopic (exact) mass is 263 g/mol. The van der Waals surface area contributed by atoms with Crippen LogP contribution in [-0.2, 0) is 0 Å². The topological polar surface area (TPSA) is 42.2 Å². The maximum absolute atomic E-state index is 12.0. The van der Waals surface area contributed by atoms with E-state index in [1.54, 1.807) is 12.1 Å². The Labute approximate surface area is 110 Å². The number of fused-ring (bicyclic) bond motifs is 1. The number of para-hydroxylation sites is 1. The second-order valence-corrected chi connectivity index (χ2v) is 5.29. The summed E-state index contributed by atoms with van der Waals surface area (Å²) in [7, 11) is 0. The predicted molar refractivity (Wildman–Crippen MR) is 72.0 cm³/mol. The lowest BCUT2D eigenvalue weighted by molar-refractivity contribution is 0.434. The number of hydrogen-bond donors (Lipinski definition) is 1. The standard InChI is InChI=1S/C14H14ClNO2/c1-8-7-16-14(15)13(8)12-6-10(17)9-4-2-3-5-11(9)18-12/h2-6,8,13-14,16H,7H2,1H3. The molecule has 0 bridgehead atoms. The average molecular weight is 264 g/mol. The van der Waals surface area contributed by atoms with E-state index < -0.39 is 0 Å². The minimum absolute atomic E-state index is 0.00480. The van der Waals surface area contributed by atoms with E-state index in [0.29, 0.717) is 22.6 Å². The zero-order valence-electron chi connectivity index (χ0n) is 10.0. The highest BCUT2D eigenvalue weighted by molar-refractivity contribution is 6.21. The van der Waals surface area contributed by atoms with E-state index in [4.69, 9.17) is 16.0 Å². The van der Waals surface area contributed by atoms with E-state index in [0.717, 1.165) is 6.54 Å². The van der Waals surface area contributed by atoms with Crippen molar-refractivity contribution in [1.82, 2.24) is 5.32 Å². The van der Waals surface area contributed by atoms with Crippen LogP contribution in [0.3, 0.4) is 0 Å². The number of alkyl halides is 1. The van der Waals surface area contributed by atoms with E-state index in [1.807, 2.05) is 18.2 Å². The smallest absolute Gasteiger partial charge is 0.192 e. The minimum atomic E-state index is -0.177. The van der Waals surface area contributed by atoms with Gasteiger partial charge in [0.25, 0.3) is 0 Å². The van der Waals surface area contributed by atoms with Gasteiger partial charge in [-0.15, -0.1) is 11.6 Å². The molecule has 1 fully saturated rings. The largest absolute Gasteiger partial charge is 0.460 e. The van der Waals surface area contributed by atoms with E-state index in [9.17, 15) is 4.79 Å². The fourth-order valence-corrected chi connectivity index (χ4v) is 3.01. The summed E-state index contributed by atoms with van der Waals surface area (Å²) in [5.41, 5.74) is 0.446. The van der Waals surface area contributed by atoms with Crippen LogP contribution in [0.1, 0.15) is 18.6 Å². The van der Waals surface area contributed by atoms with Crippen molar-refractivity contribution < 1.29 is 4.42 Å². The summed E-state index contributed by atoms with van der Waals surface area (Å²) >= 11 is 6.24. The zero-order valence-corrected chi connectivity index (χ0v) is 10.8. The number of halogens is 1. The van der Waals surface area contributed by atoms with E-state index in [-0.39, 0.29) is 16.8 Å². The van der Waals surface area contributed by atoms with Crippen LogP contribution in [0.4, 0.5) is 0 Å². The van der Waals surface area contributed by atoms with Crippen molar-refractivity contribution in [2.45, 2.75) is 18.3 Å². The highest BCUT2D eigenvalue weighted by atomic mass is 35.5. The van der Waals surface area contributed by atoms with Crippen LogP contribution in [0.25, 0.3) is 11.0 Å². The van der Waals surface area contributed by atoms with Crippen molar-refractivity contribution >= 4 is 22.6 Å². The summed E-state index contributed by atoms with van der Waals surface area (Å²) in [4.78, 5) is 12.0. The Balaban J connectivity index is 2.16. The summed E-state index contributed by atoms with van der Waals surface area (Å²) in [6.45, 7) is 2.95. The first-order chi connectivity index (χ1) is 8.66. The third-order valence-corrected chi connectivity index (χ3v) is 3.97. The van der Waals surface area contributed by atoms with Crippen LogP contribution < -0.4 is 10.7 Å². The Kier molecular flexibility index (Phi) is 2.88. The number of nitrogens with one attached hydrogen (secondary N) is 1. The van der Waals surface area contributed by atoms with E-state index in [2.05, 4.69) is 12.2 Å². The van der Waals surface area contributed by atoms with Crippen molar-refractivity contribution in [1.29, 1.82) is 0 Å². The summed E-state index contributed by atoms with van der Waals surface area (Å²) in [6.07, 6.45) is 0. The highest BCUT2D eigenvalue weighted by Crippen LogP contribution is 2.34. The lowest BCUT2D eigenvalue weighted by Crippen LogP contribution is -2.20. The SMILES string of the molecule is CC1CNC(Cl)C1c1cc(=O)c2ccccc2o1. The van der Waals surface area contributed by atoms with Gasteiger partial charge in [-0.1, -0.05) is 19.1 Å². The molecule has 3 nitrogen and oxygen atoms in total. The van der Waals surface area contributed by atoms with Gasteiger partial charge in [0.2, 0.25) is 0 Å². The Morgan fingerprint density at radius 2 is 2.17 bits per heavy atom. The molecule has 1 aliphatic heterocycles. The van der Waals surface area contributed by atoms with Gasteiger partial charge in [0.15, 0.2) is 5.43 Å². The van der Waals surface area contributed by atoms with Gasteiger partial charge < -0.3 is 9.73 Å². The van der Waals surface area contributed by atoms with E-state index in [1.165, 1.54) is 0 Å². The molecule has 18 heavy (non-hydrogen) atoms. The van der Waals surface area contributed by atoms with Crippen molar-refractivity contribution in [2.24, 2.45) is 5.92 Å². The molecule has 1 saturated heterocycles. The van der Waals surface area contributed by atoms with Crippen LogP contribution in [-0.4, -0.2) is 12.0 Å². The van der Waals surface area contributed by atoms with Crippen molar-refractivity contribution in [3.63, 3.8) is 0 Å². The molecule has 3 rings (SSSR count). The molecule has 0 radical (unpaired) electrons. The Morgan fingerprint density at radius 3 is 2.89 bits per heavy atom. The minimum Gasteiger partial charge on any atom is -0.460 e. The fraction of sp³-hybridized carbons (Fsp3) is 0.357. The molecule has 3 atom stereocenters. The molecule has 1 aromatic heterocycles. The lowest BCUT2D eigenvalue weighted by atomic mass is 9.94. The number of benzene rings is 1. The molecule has 1 N–H and O–H groups in total. The molecule has 2 aromatic rings. The van der Waals surface area contributed by atoms with Gasteiger partial charge in [-0.25, -0.2) is 0 Å². The van der Waals surface area contributed by atoms with Gasteiger partial charge in [-0.2, -0.15) is 0 Å². The normalized spacial score (nSPS) is 27.8. The Morgan fingerprint density at radius 1 is 1.39 bits per heavy atom. The molecule has 1 aliphatic rings. The van der Waals surface area contributed by atoms with Crippen molar-refractivity contribution in [3.8, 4) is 0 Å². The molecule has 2 heterocycles. The maximum atomic E-state index is 12.0. The molecular formula is C14H14ClNO2. The third kappa shape index (κ3) is 1.84. The van der Waals surface area contributed by atoms with Gasteiger partial charge in [0.05, 0.1) is 16.8 Å². The lowest BCUT2D eigenvalue weighted by Gasteiger charge is -2.16. The van der Waals surface area contributed by atoms with Crippen LogP contribution in [0.15, 0.2) is 39.5 Å². The number of hydrogen-bond acceptors (Lipinski definition) is 3. The van der Waals surface area contributed by atoms with Crippen LogP contribution in [0, 0.1) is 5.92 Å². The van der Waals surface area contributed by atoms with Gasteiger partial charge in [-0.3, -0.25) is 4.79 Å². The number of rotatable bonds is 1. The molecule has 0 aliphatic carbocycles. The predicted octanol–water partition coefficient (Wildman–Crippen LogP) is 2.68. The van der Waals surface area contributed by atoms with Gasteiger partial charge >= 0.3 is 0 Å². The average Bonchev–Trinajstić information content (AvgIpc) is 2.69. The molecule has 4 heteroatoms. The first-order valence-corrected chi connectivity index (χ1v) is 6.50. The molecular weight excluding hydrogens is 250 g/mol. The summed E-state index contributed by atoms with van der Waals surface area (Å²) < 4.78 is 5.84. The first kappa shape index (κ1) is 11.8. The summed E-state index contributed by atoms with van der Waals surface area (Å²) in [6, 6.07) is 8.87.